The predicted octanol–water partition coefficient (Wildman–Crippen LogP) is 2.25. The maximum atomic E-state index is 12.2. The highest BCUT2D eigenvalue weighted by Crippen LogP contribution is 2.22. The summed E-state index contributed by atoms with van der Waals surface area (Å²) in [6, 6.07) is -0.287. The van der Waals surface area contributed by atoms with E-state index in [2.05, 4.69) is 13.8 Å². The fourth-order valence-electron chi connectivity index (χ4n) is 2.34. The molecule has 0 saturated carbocycles. The van der Waals surface area contributed by atoms with E-state index >= 15 is 0 Å². The first-order valence-corrected chi connectivity index (χ1v) is 7.89. The number of hydrogen-bond donors (Lipinski definition) is 1. The Balaban J connectivity index is 2.52. The zero-order valence-corrected chi connectivity index (χ0v) is 12.0. The first-order chi connectivity index (χ1) is 8.19. The summed E-state index contributed by atoms with van der Waals surface area (Å²) in [6.45, 7) is 6.06. The molecule has 1 rings (SSSR count). The number of thioether (sulfide) groups is 1. The predicted molar refractivity (Wildman–Crippen MR) is 75.2 cm³/mol. The third-order valence-electron chi connectivity index (χ3n) is 3.26. The second kappa shape index (κ2) is 7.98. The van der Waals surface area contributed by atoms with E-state index in [0.29, 0.717) is 5.25 Å². The summed E-state index contributed by atoms with van der Waals surface area (Å²) in [6.07, 6.45) is 5.40. The summed E-state index contributed by atoms with van der Waals surface area (Å²) in [5.41, 5.74) is 5.93. The van der Waals surface area contributed by atoms with Gasteiger partial charge in [-0.1, -0.05) is 26.7 Å². The van der Waals surface area contributed by atoms with Gasteiger partial charge in [-0.05, 0) is 25.0 Å². The van der Waals surface area contributed by atoms with Crippen molar-refractivity contribution < 1.29 is 4.79 Å². The quantitative estimate of drug-likeness (QED) is 0.822. The van der Waals surface area contributed by atoms with Crippen molar-refractivity contribution in [2.75, 3.05) is 18.8 Å². The van der Waals surface area contributed by atoms with Gasteiger partial charge in [0.1, 0.15) is 0 Å². The summed E-state index contributed by atoms with van der Waals surface area (Å²) in [7, 11) is 0. The van der Waals surface area contributed by atoms with Crippen LogP contribution in [0.25, 0.3) is 0 Å². The van der Waals surface area contributed by atoms with Crippen LogP contribution < -0.4 is 5.73 Å². The third-order valence-corrected chi connectivity index (χ3v) is 4.45. The second-order valence-electron chi connectivity index (χ2n) is 4.75. The van der Waals surface area contributed by atoms with Crippen molar-refractivity contribution in [3.8, 4) is 0 Å². The Hall–Kier alpha value is -0.220. The third kappa shape index (κ3) is 4.88. The van der Waals surface area contributed by atoms with Crippen LogP contribution in [0.15, 0.2) is 0 Å². The lowest BCUT2D eigenvalue weighted by molar-refractivity contribution is -0.132. The fourth-order valence-corrected chi connectivity index (χ4v) is 3.43. The fraction of sp³-hybridized carbons (Fsp3) is 0.923. The van der Waals surface area contributed by atoms with E-state index in [-0.39, 0.29) is 11.9 Å². The Morgan fingerprint density at radius 3 is 2.88 bits per heavy atom. The minimum Gasteiger partial charge on any atom is -0.340 e. The number of nitrogens with two attached hydrogens (primary N) is 1. The van der Waals surface area contributed by atoms with Gasteiger partial charge in [0.05, 0.1) is 6.04 Å². The molecule has 0 radical (unpaired) electrons. The molecular formula is C13H26N2OS. The van der Waals surface area contributed by atoms with Crippen molar-refractivity contribution in [1.82, 2.24) is 4.90 Å². The van der Waals surface area contributed by atoms with Gasteiger partial charge in [-0.2, -0.15) is 11.8 Å². The lowest BCUT2D eigenvalue weighted by Crippen LogP contribution is -2.45. The number of likely N-dealkylation sites (tertiary alicyclic amines) is 1. The zero-order valence-electron chi connectivity index (χ0n) is 11.2. The Morgan fingerprint density at radius 1 is 1.47 bits per heavy atom. The summed E-state index contributed by atoms with van der Waals surface area (Å²) >= 11 is 1.98. The molecule has 1 fully saturated rings. The molecule has 1 aliphatic rings. The highest BCUT2D eigenvalue weighted by molar-refractivity contribution is 7.99. The van der Waals surface area contributed by atoms with Crippen LogP contribution >= 0.6 is 11.8 Å². The highest BCUT2D eigenvalue weighted by atomic mass is 32.2. The van der Waals surface area contributed by atoms with E-state index in [9.17, 15) is 4.79 Å². The monoisotopic (exact) mass is 258 g/mol. The molecule has 3 nitrogen and oxygen atoms in total. The number of rotatable bonds is 5. The lowest BCUT2D eigenvalue weighted by Gasteiger charge is -2.26. The maximum absolute atomic E-state index is 12.2. The number of hydrogen-bond acceptors (Lipinski definition) is 3. The lowest BCUT2D eigenvalue weighted by atomic mass is 10.1. The number of amides is 1. The van der Waals surface area contributed by atoms with Gasteiger partial charge in [-0.25, -0.2) is 0 Å². The molecule has 100 valence electrons. The Bertz CT molecular complexity index is 235. The number of carbonyl (C=O) groups excluding carboxylic acids is 1. The second-order valence-corrected chi connectivity index (χ2v) is 6.33. The molecule has 1 heterocycles. The van der Waals surface area contributed by atoms with Gasteiger partial charge in [0, 0.05) is 18.3 Å². The van der Waals surface area contributed by atoms with E-state index in [4.69, 9.17) is 5.73 Å². The van der Waals surface area contributed by atoms with Crippen LogP contribution in [0.3, 0.4) is 0 Å². The first kappa shape index (κ1) is 14.8. The molecule has 1 saturated heterocycles. The highest BCUT2D eigenvalue weighted by Gasteiger charge is 2.25. The molecule has 2 atom stereocenters. The van der Waals surface area contributed by atoms with E-state index in [0.717, 1.165) is 38.1 Å². The van der Waals surface area contributed by atoms with Gasteiger partial charge in [0.15, 0.2) is 0 Å². The molecule has 0 aromatic heterocycles. The average molecular weight is 258 g/mol. The number of nitrogens with zero attached hydrogens (tertiary/aromatic N) is 1. The average Bonchev–Trinajstić information content (AvgIpc) is 2.54. The molecule has 4 heteroatoms. The standard InChI is InChI=1S/C13H26N2OS/c1-3-7-12(14)13(16)15-9-6-5-8-11(10-15)17-4-2/h11-12H,3-10,14H2,1-2H3. The largest absolute Gasteiger partial charge is 0.340 e. The molecule has 0 bridgehead atoms. The van der Waals surface area contributed by atoms with Gasteiger partial charge in [0.25, 0.3) is 0 Å². The minimum absolute atomic E-state index is 0.162. The molecule has 2 unspecified atom stereocenters. The van der Waals surface area contributed by atoms with Gasteiger partial charge in [-0.15, -0.1) is 0 Å². The van der Waals surface area contributed by atoms with Gasteiger partial charge in [-0.3, -0.25) is 4.79 Å². The molecule has 0 aromatic carbocycles. The van der Waals surface area contributed by atoms with Crippen molar-refractivity contribution in [3.05, 3.63) is 0 Å². The van der Waals surface area contributed by atoms with Crippen LogP contribution in [0.4, 0.5) is 0 Å². The molecule has 1 aliphatic heterocycles. The van der Waals surface area contributed by atoms with E-state index in [1.807, 2.05) is 16.7 Å². The Kier molecular flexibility index (Phi) is 6.97. The van der Waals surface area contributed by atoms with E-state index < -0.39 is 0 Å². The molecule has 0 aliphatic carbocycles. The van der Waals surface area contributed by atoms with Gasteiger partial charge in [0.2, 0.25) is 5.91 Å². The molecule has 0 spiro atoms. The smallest absolute Gasteiger partial charge is 0.239 e. The first-order valence-electron chi connectivity index (χ1n) is 6.85. The SMILES string of the molecule is CCCC(N)C(=O)N1CCCCC(SCC)C1. The summed E-state index contributed by atoms with van der Waals surface area (Å²) in [5, 5.41) is 0.611. The summed E-state index contributed by atoms with van der Waals surface area (Å²) < 4.78 is 0. The van der Waals surface area contributed by atoms with Crippen molar-refractivity contribution in [3.63, 3.8) is 0 Å². The Labute approximate surface area is 109 Å². The van der Waals surface area contributed by atoms with Crippen LogP contribution in [0.1, 0.15) is 46.0 Å². The van der Waals surface area contributed by atoms with Crippen molar-refractivity contribution in [1.29, 1.82) is 0 Å². The maximum Gasteiger partial charge on any atom is 0.239 e. The van der Waals surface area contributed by atoms with Crippen LogP contribution in [0, 0.1) is 0 Å². The zero-order chi connectivity index (χ0) is 12.7. The van der Waals surface area contributed by atoms with Gasteiger partial charge < -0.3 is 10.6 Å². The topological polar surface area (TPSA) is 46.3 Å². The summed E-state index contributed by atoms with van der Waals surface area (Å²) in [5.74, 6) is 1.30. The number of carbonyl (C=O) groups is 1. The molecule has 2 N–H and O–H groups in total. The van der Waals surface area contributed by atoms with E-state index in [1.54, 1.807) is 0 Å². The van der Waals surface area contributed by atoms with Crippen molar-refractivity contribution in [2.24, 2.45) is 5.73 Å². The molecule has 0 aromatic rings. The minimum atomic E-state index is -0.287. The van der Waals surface area contributed by atoms with Crippen molar-refractivity contribution in [2.45, 2.75) is 57.2 Å². The van der Waals surface area contributed by atoms with Crippen LogP contribution in [0.5, 0.6) is 0 Å². The van der Waals surface area contributed by atoms with Crippen LogP contribution in [-0.4, -0.2) is 40.9 Å². The van der Waals surface area contributed by atoms with E-state index in [1.165, 1.54) is 12.8 Å². The van der Waals surface area contributed by atoms with Crippen LogP contribution in [-0.2, 0) is 4.79 Å². The van der Waals surface area contributed by atoms with Crippen molar-refractivity contribution >= 4 is 17.7 Å². The molecule has 1 amide bonds. The molecular weight excluding hydrogens is 232 g/mol. The van der Waals surface area contributed by atoms with Gasteiger partial charge >= 0.3 is 0 Å². The normalized spacial score (nSPS) is 23.2. The van der Waals surface area contributed by atoms with Crippen LogP contribution in [0.2, 0.25) is 0 Å². The Morgan fingerprint density at radius 2 is 2.24 bits per heavy atom. The molecule has 17 heavy (non-hydrogen) atoms. The summed E-state index contributed by atoms with van der Waals surface area (Å²) in [4.78, 5) is 14.2.